The van der Waals surface area contributed by atoms with E-state index < -0.39 is 0 Å². The maximum Gasteiger partial charge on any atom is 0.188 e. The van der Waals surface area contributed by atoms with Crippen LogP contribution in [0.25, 0.3) is 0 Å². The van der Waals surface area contributed by atoms with Crippen molar-refractivity contribution in [2.45, 2.75) is 26.7 Å². The van der Waals surface area contributed by atoms with Crippen molar-refractivity contribution in [3.05, 3.63) is 29.8 Å². The van der Waals surface area contributed by atoms with Gasteiger partial charge >= 0.3 is 0 Å². The summed E-state index contributed by atoms with van der Waals surface area (Å²) in [6.07, 6.45) is 1.77. The molecule has 0 saturated carbocycles. The molecule has 0 aromatic heterocycles. The minimum atomic E-state index is 0.126. The van der Waals surface area contributed by atoms with Crippen LogP contribution in [0.4, 0.5) is 0 Å². The van der Waals surface area contributed by atoms with Crippen LogP contribution in [0.1, 0.15) is 37.0 Å². The molecule has 0 radical (unpaired) electrons. The van der Waals surface area contributed by atoms with Crippen molar-refractivity contribution >= 4 is 5.78 Å². The van der Waals surface area contributed by atoms with Crippen molar-refractivity contribution < 1.29 is 14.3 Å². The van der Waals surface area contributed by atoms with Crippen LogP contribution in [0.5, 0.6) is 5.75 Å². The number of methoxy groups -OCH3 is 1. The Hall–Kier alpha value is -1.35. The van der Waals surface area contributed by atoms with Crippen molar-refractivity contribution in [1.82, 2.24) is 0 Å². The summed E-state index contributed by atoms with van der Waals surface area (Å²) in [6, 6.07) is 7.22. The number of ketones is 1. The summed E-state index contributed by atoms with van der Waals surface area (Å²) < 4.78 is 10.1. The summed E-state index contributed by atoms with van der Waals surface area (Å²) in [7, 11) is 1.57. The van der Waals surface area contributed by atoms with Gasteiger partial charge in [0.15, 0.2) is 12.6 Å². The zero-order valence-electron chi connectivity index (χ0n) is 10.7. The van der Waals surface area contributed by atoms with Gasteiger partial charge in [0.1, 0.15) is 5.75 Å². The lowest BCUT2D eigenvalue weighted by atomic mass is 9.93. The van der Waals surface area contributed by atoms with Gasteiger partial charge in [0, 0.05) is 18.6 Å². The Kier molecular flexibility index (Phi) is 5.70. The van der Waals surface area contributed by atoms with E-state index in [2.05, 4.69) is 0 Å². The zero-order valence-corrected chi connectivity index (χ0v) is 10.7. The highest BCUT2D eigenvalue weighted by molar-refractivity contribution is 5.97. The van der Waals surface area contributed by atoms with E-state index in [1.807, 2.05) is 26.0 Å². The van der Waals surface area contributed by atoms with Gasteiger partial charge in [-0.2, -0.15) is 0 Å². The summed E-state index contributed by atoms with van der Waals surface area (Å²) in [4.78, 5) is 12.1. The second-order valence-electron chi connectivity index (χ2n) is 3.95. The standard InChI is InChI=1S/C14H20O3/c1-4-11(5-2)14(15)12-6-8-13(9-7-12)17-10-16-3/h6-9,11H,4-5,10H2,1-3H3. The smallest absolute Gasteiger partial charge is 0.188 e. The Morgan fingerprint density at radius 2 is 1.76 bits per heavy atom. The first-order valence-electron chi connectivity index (χ1n) is 5.98. The topological polar surface area (TPSA) is 35.5 Å². The summed E-state index contributed by atoms with van der Waals surface area (Å²) in [5.41, 5.74) is 0.753. The van der Waals surface area contributed by atoms with Gasteiger partial charge in [-0.3, -0.25) is 4.79 Å². The molecular formula is C14H20O3. The lowest BCUT2D eigenvalue weighted by Crippen LogP contribution is -2.12. The van der Waals surface area contributed by atoms with Crippen LogP contribution in [0.15, 0.2) is 24.3 Å². The van der Waals surface area contributed by atoms with Gasteiger partial charge in [0.2, 0.25) is 0 Å². The van der Waals surface area contributed by atoms with Gasteiger partial charge in [0.05, 0.1) is 0 Å². The van der Waals surface area contributed by atoms with Crippen molar-refractivity contribution in [2.24, 2.45) is 5.92 Å². The molecule has 1 aromatic rings. The summed E-state index contributed by atoms with van der Waals surface area (Å²) >= 11 is 0. The van der Waals surface area contributed by atoms with Gasteiger partial charge in [-0.15, -0.1) is 0 Å². The summed E-state index contributed by atoms with van der Waals surface area (Å²) in [6.45, 7) is 4.31. The van der Waals surface area contributed by atoms with Crippen LogP contribution in [0.3, 0.4) is 0 Å². The Morgan fingerprint density at radius 3 is 2.24 bits per heavy atom. The highest BCUT2D eigenvalue weighted by atomic mass is 16.7. The first-order valence-corrected chi connectivity index (χ1v) is 5.98. The van der Waals surface area contributed by atoms with Crippen LogP contribution < -0.4 is 4.74 Å². The number of ether oxygens (including phenoxy) is 2. The molecule has 17 heavy (non-hydrogen) atoms. The van der Waals surface area contributed by atoms with Gasteiger partial charge in [0.25, 0.3) is 0 Å². The van der Waals surface area contributed by atoms with E-state index in [1.54, 1.807) is 19.2 Å². The van der Waals surface area contributed by atoms with Gasteiger partial charge in [-0.25, -0.2) is 0 Å². The zero-order chi connectivity index (χ0) is 12.7. The fourth-order valence-corrected chi connectivity index (χ4v) is 1.74. The third-order valence-corrected chi connectivity index (χ3v) is 2.84. The molecule has 1 rings (SSSR count). The second-order valence-corrected chi connectivity index (χ2v) is 3.95. The Morgan fingerprint density at radius 1 is 1.18 bits per heavy atom. The maximum absolute atomic E-state index is 12.1. The molecule has 94 valence electrons. The minimum absolute atomic E-state index is 0.126. The molecule has 0 N–H and O–H groups in total. The molecule has 0 unspecified atom stereocenters. The average molecular weight is 236 g/mol. The van der Waals surface area contributed by atoms with E-state index in [0.717, 1.165) is 18.4 Å². The van der Waals surface area contributed by atoms with E-state index in [4.69, 9.17) is 9.47 Å². The average Bonchev–Trinajstić information content (AvgIpc) is 2.38. The summed E-state index contributed by atoms with van der Waals surface area (Å²) in [5, 5.41) is 0. The fraction of sp³-hybridized carbons (Fsp3) is 0.500. The third-order valence-electron chi connectivity index (χ3n) is 2.84. The van der Waals surface area contributed by atoms with Crippen LogP contribution in [0, 0.1) is 5.92 Å². The predicted molar refractivity (Wildman–Crippen MR) is 67.3 cm³/mol. The molecule has 0 amide bonds. The first-order chi connectivity index (χ1) is 8.22. The van der Waals surface area contributed by atoms with Gasteiger partial charge in [-0.05, 0) is 37.1 Å². The second kappa shape index (κ2) is 7.07. The molecule has 3 heteroatoms. The van der Waals surface area contributed by atoms with Crippen LogP contribution in [-0.2, 0) is 4.74 Å². The maximum atomic E-state index is 12.1. The monoisotopic (exact) mass is 236 g/mol. The molecule has 0 atom stereocenters. The molecule has 3 nitrogen and oxygen atoms in total. The number of carbonyl (C=O) groups is 1. The van der Waals surface area contributed by atoms with Crippen LogP contribution >= 0.6 is 0 Å². The van der Waals surface area contributed by atoms with Gasteiger partial charge < -0.3 is 9.47 Å². The number of benzene rings is 1. The van der Waals surface area contributed by atoms with E-state index in [0.29, 0.717) is 5.75 Å². The molecule has 0 spiro atoms. The number of rotatable bonds is 7. The Labute approximate surface area is 103 Å². The number of hydrogen-bond donors (Lipinski definition) is 0. The molecule has 0 aliphatic carbocycles. The Bertz CT molecular complexity index is 339. The van der Waals surface area contributed by atoms with Crippen molar-refractivity contribution in [3.63, 3.8) is 0 Å². The molecule has 0 fully saturated rings. The first kappa shape index (κ1) is 13.7. The Balaban J connectivity index is 2.69. The molecule has 0 aliphatic rings. The van der Waals surface area contributed by atoms with E-state index >= 15 is 0 Å². The molecule has 0 aliphatic heterocycles. The fourth-order valence-electron chi connectivity index (χ4n) is 1.74. The molecule has 0 bridgehead atoms. The van der Waals surface area contributed by atoms with Crippen LogP contribution in [0.2, 0.25) is 0 Å². The van der Waals surface area contributed by atoms with E-state index in [1.165, 1.54) is 0 Å². The van der Waals surface area contributed by atoms with Crippen molar-refractivity contribution in [3.8, 4) is 5.75 Å². The molecule has 0 saturated heterocycles. The van der Waals surface area contributed by atoms with Crippen LogP contribution in [-0.4, -0.2) is 19.7 Å². The lowest BCUT2D eigenvalue weighted by molar-refractivity contribution is 0.0511. The van der Waals surface area contributed by atoms with Crippen molar-refractivity contribution in [2.75, 3.05) is 13.9 Å². The SMILES string of the molecule is CCC(CC)C(=O)c1ccc(OCOC)cc1. The van der Waals surface area contributed by atoms with Gasteiger partial charge in [-0.1, -0.05) is 13.8 Å². The summed E-state index contributed by atoms with van der Waals surface area (Å²) in [5.74, 6) is 1.06. The molecule has 1 aromatic carbocycles. The van der Waals surface area contributed by atoms with E-state index in [-0.39, 0.29) is 18.5 Å². The number of carbonyl (C=O) groups excluding carboxylic acids is 1. The normalized spacial score (nSPS) is 10.6. The lowest BCUT2D eigenvalue weighted by Gasteiger charge is -2.11. The minimum Gasteiger partial charge on any atom is -0.468 e. The quantitative estimate of drug-likeness (QED) is 0.538. The highest BCUT2D eigenvalue weighted by Crippen LogP contribution is 2.18. The number of Topliss-reactive ketones (excluding diaryl/α,β-unsaturated/α-hetero) is 1. The predicted octanol–water partition coefficient (Wildman–Crippen LogP) is 3.29. The highest BCUT2D eigenvalue weighted by Gasteiger charge is 2.15. The largest absolute Gasteiger partial charge is 0.468 e. The van der Waals surface area contributed by atoms with E-state index in [9.17, 15) is 4.79 Å². The molecular weight excluding hydrogens is 216 g/mol. The van der Waals surface area contributed by atoms with Crippen molar-refractivity contribution in [1.29, 1.82) is 0 Å². The molecule has 0 heterocycles. The number of hydrogen-bond acceptors (Lipinski definition) is 3. The third kappa shape index (κ3) is 3.86.